The number of nitrogens with zero attached hydrogens (tertiary/aromatic N) is 5. The maximum atomic E-state index is 4.53. The zero-order chi connectivity index (χ0) is 19.3. The number of hydrogen-bond donors (Lipinski definition) is 1. The Bertz CT molecular complexity index is 1040. The molecule has 6 nitrogen and oxygen atoms in total. The van der Waals surface area contributed by atoms with Crippen molar-refractivity contribution in [1.82, 2.24) is 19.9 Å². The molecule has 0 fully saturated rings. The third-order valence-corrected chi connectivity index (χ3v) is 4.33. The third-order valence-electron chi connectivity index (χ3n) is 4.33. The highest BCUT2D eigenvalue weighted by Crippen LogP contribution is 2.26. The Labute approximate surface area is 164 Å². The van der Waals surface area contributed by atoms with Crippen molar-refractivity contribution in [3.05, 3.63) is 79.4 Å². The van der Waals surface area contributed by atoms with E-state index in [4.69, 9.17) is 0 Å². The molecule has 0 aliphatic carbocycles. The van der Waals surface area contributed by atoms with Gasteiger partial charge in [-0.2, -0.15) is 0 Å². The number of nitrogens with one attached hydrogen (secondary N) is 1. The van der Waals surface area contributed by atoms with Gasteiger partial charge in [0.25, 0.3) is 0 Å². The molecule has 0 unspecified atom stereocenters. The summed E-state index contributed by atoms with van der Waals surface area (Å²) in [4.78, 5) is 19.8. The van der Waals surface area contributed by atoms with Crippen molar-refractivity contribution in [2.24, 2.45) is 0 Å². The van der Waals surface area contributed by atoms with Crippen LogP contribution < -0.4 is 10.2 Å². The summed E-state index contributed by atoms with van der Waals surface area (Å²) < 4.78 is 0. The third kappa shape index (κ3) is 3.81. The van der Waals surface area contributed by atoms with Gasteiger partial charge in [-0.25, -0.2) is 15.0 Å². The Balaban J connectivity index is 1.56. The topological polar surface area (TPSA) is 66.8 Å². The molecule has 0 radical (unpaired) electrons. The van der Waals surface area contributed by atoms with E-state index in [1.807, 2.05) is 50.6 Å². The van der Waals surface area contributed by atoms with Crippen LogP contribution in [0, 0.1) is 0 Å². The Morgan fingerprint density at radius 3 is 2.18 bits per heavy atom. The number of hydrogen-bond acceptors (Lipinski definition) is 6. The van der Waals surface area contributed by atoms with Crippen LogP contribution in [-0.2, 0) is 0 Å². The number of pyridine rings is 2. The van der Waals surface area contributed by atoms with Crippen LogP contribution in [0.4, 0.5) is 17.3 Å². The smallest absolute Gasteiger partial charge is 0.159 e. The van der Waals surface area contributed by atoms with E-state index in [0.717, 1.165) is 16.8 Å². The van der Waals surface area contributed by atoms with Crippen molar-refractivity contribution < 1.29 is 0 Å². The van der Waals surface area contributed by atoms with Crippen LogP contribution in [0.5, 0.6) is 0 Å². The molecule has 0 atom stereocenters. The first-order valence-electron chi connectivity index (χ1n) is 8.94. The second kappa shape index (κ2) is 7.84. The van der Waals surface area contributed by atoms with Crippen molar-refractivity contribution in [3.8, 4) is 22.5 Å². The fraction of sp³-hybridized carbons (Fsp3) is 0.0909. The zero-order valence-electron chi connectivity index (χ0n) is 15.7. The average Bonchev–Trinajstić information content (AvgIpc) is 2.75. The number of anilines is 3. The summed E-state index contributed by atoms with van der Waals surface area (Å²) in [6, 6.07) is 18.1. The quantitative estimate of drug-likeness (QED) is 0.563. The normalized spacial score (nSPS) is 10.5. The molecule has 4 aromatic rings. The lowest BCUT2D eigenvalue weighted by Gasteiger charge is -2.13. The Kier molecular flexibility index (Phi) is 4.93. The summed E-state index contributed by atoms with van der Waals surface area (Å²) in [6.07, 6.45) is 6.89. The SMILES string of the molecule is CN(C)c1ccc(-c2ccc(Nc3nccnc3-c3ccccn3)nc2)cc1. The van der Waals surface area contributed by atoms with Crippen LogP contribution in [0.1, 0.15) is 0 Å². The Morgan fingerprint density at radius 1 is 0.714 bits per heavy atom. The van der Waals surface area contributed by atoms with Crippen LogP contribution in [-0.4, -0.2) is 34.0 Å². The highest BCUT2D eigenvalue weighted by atomic mass is 15.1. The zero-order valence-corrected chi connectivity index (χ0v) is 15.7. The van der Waals surface area contributed by atoms with Crippen LogP contribution >= 0.6 is 0 Å². The lowest BCUT2D eigenvalue weighted by Crippen LogP contribution is -2.07. The Morgan fingerprint density at radius 2 is 1.50 bits per heavy atom. The van der Waals surface area contributed by atoms with Crippen molar-refractivity contribution in [1.29, 1.82) is 0 Å². The summed E-state index contributed by atoms with van der Waals surface area (Å²) in [5, 5.41) is 3.24. The largest absolute Gasteiger partial charge is 0.378 e. The second-order valence-electron chi connectivity index (χ2n) is 6.47. The molecular formula is C22H20N6. The van der Waals surface area contributed by atoms with Gasteiger partial charge in [0.05, 0.1) is 5.69 Å². The van der Waals surface area contributed by atoms with Gasteiger partial charge in [0.15, 0.2) is 5.82 Å². The minimum absolute atomic E-state index is 0.622. The second-order valence-corrected chi connectivity index (χ2v) is 6.47. The van der Waals surface area contributed by atoms with E-state index in [0.29, 0.717) is 17.3 Å². The summed E-state index contributed by atoms with van der Waals surface area (Å²) in [6.45, 7) is 0. The van der Waals surface area contributed by atoms with E-state index < -0.39 is 0 Å². The predicted molar refractivity (Wildman–Crippen MR) is 113 cm³/mol. The van der Waals surface area contributed by atoms with Gasteiger partial charge in [0.1, 0.15) is 11.5 Å². The molecule has 1 aromatic carbocycles. The molecule has 0 saturated heterocycles. The molecule has 3 aromatic heterocycles. The average molecular weight is 368 g/mol. The Hall–Kier alpha value is -3.80. The van der Waals surface area contributed by atoms with E-state index in [2.05, 4.69) is 54.4 Å². The maximum absolute atomic E-state index is 4.53. The van der Waals surface area contributed by atoms with Crippen molar-refractivity contribution >= 4 is 17.3 Å². The first-order chi connectivity index (χ1) is 13.7. The van der Waals surface area contributed by atoms with Gasteiger partial charge >= 0.3 is 0 Å². The highest BCUT2D eigenvalue weighted by molar-refractivity contribution is 5.72. The molecule has 0 saturated carbocycles. The molecular weight excluding hydrogens is 348 g/mol. The fourth-order valence-electron chi connectivity index (χ4n) is 2.83. The fourth-order valence-corrected chi connectivity index (χ4v) is 2.83. The van der Waals surface area contributed by atoms with Crippen molar-refractivity contribution in [2.45, 2.75) is 0 Å². The molecule has 138 valence electrons. The van der Waals surface area contributed by atoms with Gasteiger partial charge in [0.2, 0.25) is 0 Å². The van der Waals surface area contributed by atoms with E-state index in [-0.39, 0.29) is 0 Å². The van der Waals surface area contributed by atoms with Crippen LogP contribution in [0.2, 0.25) is 0 Å². The van der Waals surface area contributed by atoms with Gasteiger partial charge in [-0.05, 0) is 42.0 Å². The van der Waals surface area contributed by atoms with Gasteiger partial charge < -0.3 is 10.2 Å². The first-order valence-corrected chi connectivity index (χ1v) is 8.94. The minimum atomic E-state index is 0.622. The molecule has 0 bridgehead atoms. The van der Waals surface area contributed by atoms with E-state index >= 15 is 0 Å². The number of aromatic nitrogens is 4. The highest BCUT2D eigenvalue weighted by Gasteiger charge is 2.10. The van der Waals surface area contributed by atoms with Crippen LogP contribution in [0.25, 0.3) is 22.5 Å². The molecule has 1 N–H and O–H groups in total. The van der Waals surface area contributed by atoms with Gasteiger partial charge in [-0.3, -0.25) is 4.98 Å². The monoisotopic (exact) mass is 368 g/mol. The molecule has 0 aliphatic rings. The van der Waals surface area contributed by atoms with E-state index in [1.54, 1.807) is 18.6 Å². The van der Waals surface area contributed by atoms with Crippen molar-refractivity contribution in [3.63, 3.8) is 0 Å². The molecule has 3 heterocycles. The van der Waals surface area contributed by atoms with Crippen molar-refractivity contribution in [2.75, 3.05) is 24.3 Å². The predicted octanol–water partition coefficient (Wildman–Crippen LogP) is 4.41. The summed E-state index contributed by atoms with van der Waals surface area (Å²) in [7, 11) is 4.06. The standard InChI is InChI=1S/C22H20N6/c1-28(2)18-9-6-16(7-10-18)17-8-11-20(26-15-17)27-22-21(24-13-14-25-22)19-5-3-4-12-23-19/h3-15H,1-2H3,(H,25,26,27). The van der Waals surface area contributed by atoms with E-state index in [9.17, 15) is 0 Å². The lowest BCUT2D eigenvalue weighted by atomic mass is 10.1. The summed E-state index contributed by atoms with van der Waals surface area (Å²) in [5.74, 6) is 1.32. The summed E-state index contributed by atoms with van der Waals surface area (Å²) >= 11 is 0. The molecule has 0 amide bonds. The minimum Gasteiger partial charge on any atom is -0.378 e. The lowest BCUT2D eigenvalue weighted by molar-refractivity contribution is 1.13. The molecule has 0 aliphatic heterocycles. The molecule has 28 heavy (non-hydrogen) atoms. The number of rotatable bonds is 5. The van der Waals surface area contributed by atoms with Gasteiger partial charge in [0, 0.05) is 50.1 Å². The van der Waals surface area contributed by atoms with Gasteiger partial charge in [-0.1, -0.05) is 18.2 Å². The molecule has 4 rings (SSSR count). The summed E-state index contributed by atoms with van der Waals surface area (Å²) in [5.41, 5.74) is 4.79. The van der Waals surface area contributed by atoms with Gasteiger partial charge in [-0.15, -0.1) is 0 Å². The van der Waals surface area contributed by atoms with E-state index in [1.165, 1.54) is 5.69 Å². The molecule has 6 heteroatoms. The molecule has 0 spiro atoms. The maximum Gasteiger partial charge on any atom is 0.159 e. The van der Waals surface area contributed by atoms with Crippen LogP contribution in [0.3, 0.4) is 0 Å². The first kappa shape index (κ1) is 17.6. The number of benzene rings is 1. The van der Waals surface area contributed by atoms with Crippen LogP contribution in [0.15, 0.2) is 79.4 Å².